The Labute approximate surface area is 128 Å². The van der Waals surface area contributed by atoms with Gasteiger partial charge >= 0.3 is 6.03 Å². The summed E-state index contributed by atoms with van der Waals surface area (Å²) in [5.41, 5.74) is 4.75. The van der Waals surface area contributed by atoms with Gasteiger partial charge in [-0.3, -0.25) is 4.79 Å². The van der Waals surface area contributed by atoms with Gasteiger partial charge in [0.2, 0.25) is 5.91 Å². The van der Waals surface area contributed by atoms with Crippen molar-refractivity contribution in [2.45, 2.75) is 32.5 Å². The van der Waals surface area contributed by atoms with Crippen molar-refractivity contribution in [2.24, 2.45) is 5.73 Å². The summed E-state index contributed by atoms with van der Waals surface area (Å²) in [6, 6.07) is 3.16. The van der Waals surface area contributed by atoms with Crippen LogP contribution >= 0.6 is 0 Å². The molecule has 3 N–H and O–H groups in total. The van der Waals surface area contributed by atoms with Gasteiger partial charge in [-0.2, -0.15) is 0 Å². The van der Waals surface area contributed by atoms with Crippen LogP contribution in [0.5, 0.6) is 0 Å². The number of morpholine rings is 1. The second-order valence-electron chi connectivity index (χ2n) is 6.06. The van der Waals surface area contributed by atoms with Crippen molar-refractivity contribution in [3.05, 3.63) is 29.6 Å². The second kappa shape index (κ2) is 5.92. The number of nitrogens with one attached hydrogen (secondary N) is 1. The van der Waals surface area contributed by atoms with E-state index in [2.05, 4.69) is 5.32 Å². The minimum Gasteiger partial charge on any atom is -0.369 e. The van der Waals surface area contributed by atoms with Gasteiger partial charge in [-0.1, -0.05) is 0 Å². The standard InChI is InChI=1S/C15H20FN3O3/c1-9-7-19(8-15(2,3)22-9)14(21)18-12-6-10(13(17)20)4-5-11(12)16/h4-6,9H,7-8H2,1-3H3,(H2,17,20)(H,18,21)/t9-/m0/s1. The van der Waals surface area contributed by atoms with E-state index in [1.807, 2.05) is 20.8 Å². The van der Waals surface area contributed by atoms with Crippen LogP contribution < -0.4 is 11.1 Å². The van der Waals surface area contributed by atoms with Gasteiger partial charge < -0.3 is 20.7 Å². The van der Waals surface area contributed by atoms with E-state index in [0.29, 0.717) is 13.1 Å². The van der Waals surface area contributed by atoms with Gasteiger partial charge in [0.1, 0.15) is 5.82 Å². The second-order valence-corrected chi connectivity index (χ2v) is 6.06. The SMILES string of the molecule is C[C@H]1CN(C(=O)Nc2cc(C(N)=O)ccc2F)CC(C)(C)O1. The Kier molecular flexibility index (Phi) is 4.37. The molecule has 3 amide bonds. The zero-order valence-electron chi connectivity index (χ0n) is 12.9. The molecule has 0 bridgehead atoms. The summed E-state index contributed by atoms with van der Waals surface area (Å²) < 4.78 is 19.5. The number of primary amides is 1. The topological polar surface area (TPSA) is 84.7 Å². The number of amides is 3. The molecule has 0 saturated carbocycles. The summed E-state index contributed by atoms with van der Waals surface area (Å²) >= 11 is 0. The monoisotopic (exact) mass is 309 g/mol. The maximum absolute atomic E-state index is 13.8. The zero-order chi connectivity index (χ0) is 16.5. The van der Waals surface area contributed by atoms with E-state index in [-0.39, 0.29) is 17.4 Å². The molecule has 120 valence electrons. The van der Waals surface area contributed by atoms with E-state index in [1.165, 1.54) is 12.1 Å². The van der Waals surface area contributed by atoms with Crippen LogP contribution in [-0.2, 0) is 4.74 Å². The molecule has 2 rings (SSSR count). The van der Waals surface area contributed by atoms with Crippen LogP contribution in [0.15, 0.2) is 18.2 Å². The maximum Gasteiger partial charge on any atom is 0.322 e. The minimum atomic E-state index is -0.684. The molecule has 1 aromatic rings. The molecule has 1 atom stereocenters. The van der Waals surface area contributed by atoms with Crippen molar-refractivity contribution in [3.63, 3.8) is 0 Å². The first-order valence-corrected chi connectivity index (χ1v) is 7.01. The lowest BCUT2D eigenvalue weighted by Crippen LogP contribution is -2.54. The van der Waals surface area contributed by atoms with Crippen LogP contribution in [0.1, 0.15) is 31.1 Å². The van der Waals surface area contributed by atoms with Crippen LogP contribution in [0.4, 0.5) is 14.9 Å². The molecular weight excluding hydrogens is 289 g/mol. The zero-order valence-corrected chi connectivity index (χ0v) is 12.9. The molecule has 0 radical (unpaired) electrons. The fraction of sp³-hybridized carbons (Fsp3) is 0.467. The van der Waals surface area contributed by atoms with Crippen molar-refractivity contribution >= 4 is 17.6 Å². The lowest BCUT2D eigenvalue weighted by molar-refractivity contribution is -0.116. The maximum atomic E-state index is 13.8. The number of hydrogen-bond donors (Lipinski definition) is 2. The molecule has 1 saturated heterocycles. The smallest absolute Gasteiger partial charge is 0.322 e. The van der Waals surface area contributed by atoms with Crippen molar-refractivity contribution in [1.29, 1.82) is 0 Å². The number of carbonyl (C=O) groups is 2. The third-order valence-electron chi connectivity index (χ3n) is 3.35. The van der Waals surface area contributed by atoms with Crippen molar-refractivity contribution in [2.75, 3.05) is 18.4 Å². The largest absolute Gasteiger partial charge is 0.369 e. The summed E-state index contributed by atoms with van der Waals surface area (Å²) in [4.78, 5) is 25.0. The van der Waals surface area contributed by atoms with Gasteiger partial charge in [0.05, 0.1) is 23.9 Å². The summed E-state index contributed by atoms with van der Waals surface area (Å²) in [5, 5.41) is 2.48. The molecule has 1 fully saturated rings. The van der Waals surface area contributed by atoms with E-state index in [1.54, 1.807) is 4.90 Å². The number of hydrogen-bond acceptors (Lipinski definition) is 3. The molecule has 1 heterocycles. The van der Waals surface area contributed by atoms with Gasteiger partial charge in [-0.25, -0.2) is 9.18 Å². The highest BCUT2D eigenvalue weighted by Crippen LogP contribution is 2.22. The van der Waals surface area contributed by atoms with Gasteiger partial charge in [0, 0.05) is 12.1 Å². The van der Waals surface area contributed by atoms with Gasteiger partial charge in [0.25, 0.3) is 0 Å². The fourth-order valence-corrected chi connectivity index (χ4v) is 2.58. The Balaban J connectivity index is 2.15. The van der Waals surface area contributed by atoms with Crippen LogP contribution in [0.3, 0.4) is 0 Å². The normalized spacial score (nSPS) is 20.5. The van der Waals surface area contributed by atoms with Gasteiger partial charge in [-0.15, -0.1) is 0 Å². The number of anilines is 1. The number of carbonyl (C=O) groups excluding carboxylic acids is 2. The summed E-state index contributed by atoms with van der Waals surface area (Å²) in [7, 11) is 0. The van der Waals surface area contributed by atoms with Crippen molar-refractivity contribution in [3.8, 4) is 0 Å². The van der Waals surface area contributed by atoms with Gasteiger partial charge in [-0.05, 0) is 39.0 Å². The first-order valence-electron chi connectivity index (χ1n) is 7.01. The highest BCUT2D eigenvalue weighted by molar-refractivity contribution is 5.96. The predicted octanol–water partition coefficient (Wildman–Crippen LogP) is 1.96. The molecule has 0 aliphatic carbocycles. The average molecular weight is 309 g/mol. The van der Waals surface area contributed by atoms with E-state index in [0.717, 1.165) is 6.07 Å². The molecule has 7 heteroatoms. The van der Waals surface area contributed by atoms with Crippen LogP contribution in [0, 0.1) is 5.82 Å². The Morgan fingerprint density at radius 1 is 1.45 bits per heavy atom. The Bertz CT molecular complexity index is 604. The Hall–Kier alpha value is -2.15. The molecule has 6 nitrogen and oxygen atoms in total. The summed E-state index contributed by atoms with van der Waals surface area (Å²) in [5.74, 6) is -1.31. The Morgan fingerprint density at radius 3 is 2.73 bits per heavy atom. The first-order chi connectivity index (χ1) is 10.2. The highest BCUT2D eigenvalue weighted by Gasteiger charge is 2.33. The van der Waals surface area contributed by atoms with E-state index >= 15 is 0 Å². The number of ether oxygens (including phenoxy) is 1. The molecule has 1 aromatic carbocycles. The molecule has 0 unspecified atom stereocenters. The summed E-state index contributed by atoms with van der Waals surface area (Å²) in [6.07, 6.45) is -0.115. The van der Waals surface area contributed by atoms with Crippen LogP contribution in [0.25, 0.3) is 0 Å². The van der Waals surface area contributed by atoms with Gasteiger partial charge in [0.15, 0.2) is 0 Å². The summed E-state index contributed by atoms with van der Waals surface area (Å²) in [6.45, 7) is 6.44. The van der Waals surface area contributed by atoms with Crippen molar-refractivity contribution < 1.29 is 18.7 Å². The Morgan fingerprint density at radius 2 is 2.14 bits per heavy atom. The number of nitrogens with zero attached hydrogens (tertiary/aromatic N) is 1. The van der Waals surface area contributed by atoms with E-state index in [4.69, 9.17) is 10.5 Å². The van der Waals surface area contributed by atoms with Crippen LogP contribution in [0.2, 0.25) is 0 Å². The van der Waals surface area contributed by atoms with E-state index in [9.17, 15) is 14.0 Å². The molecular formula is C15H20FN3O3. The molecule has 0 aromatic heterocycles. The third kappa shape index (κ3) is 3.73. The van der Waals surface area contributed by atoms with E-state index < -0.39 is 23.4 Å². The molecule has 1 aliphatic heterocycles. The number of nitrogens with two attached hydrogens (primary N) is 1. The fourth-order valence-electron chi connectivity index (χ4n) is 2.58. The molecule has 22 heavy (non-hydrogen) atoms. The number of urea groups is 1. The average Bonchev–Trinajstić information content (AvgIpc) is 2.38. The lowest BCUT2D eigenvalue weighted by atomic mass is 10.1. The molecule has 1 aliphatic rings. The minimum absolute atomic E-state index is 0.0711. The van der Waals surface area contributed by atoms with Crippen molar-refractivity contribution in [1.82, 2.24) is 4.90 Å². The number of halogens is 1. The highest BCUT2D eigenvalue weighted by atomic mass is 19.1. The first kappa shape index (κ1) is 16.2. The number of benzene rings is 1. The molecule has 0 spiro atoms. The quantitative estimate of drug-likeness (QED) is 0.875. The van der Waals surface area contributed by atoms with Crippen LogP contribution in [-0.4, -0.2) is 41.6 Å². The predicted molar refractivity (Wildman–Crippen MR) is 80.1 cm³/mol. The third-order valence-corrected chi connectivity index (χ3v) is 3.35. The number of rotatable bonds is 2. The lowest BCUT2D eigenvalue weighted by Gasteiger charge is -2.41.